The quantitative estimate of drug-likeness (QED) is 0.904. The maximum atomic E-state index is 12.4. The van der Waals surface area contributed by atoms with Crippen LogP contribution in [0.3, 0.4) is 0 Å². The second-order valence-electron chi connectivity index (χ2n) is 6.15. The van der Waals surface area contributed by atoms with Crippen LogP contribution < -0.4 is 10.1 Å². The molecule has 1 N–H and O–H groups in total. The lowest BCUT2D eigenvalue weighted by Crippen LogP contribution is -2.35. The molecule has 1 aliphatic carbocycles. The number of aromatic nitrogens is 1. The van der Waals surface area contributed by atoms with Gasteiger partial charge in [-0.05, 0) is 31.4 Å². The van der Waals surface area contributed by atoms with E-state index in [1.807, 2.05) is 4.90 Å². The Balaban J connectivity index is 1.50. The second-order valence-corrected chi connectivity index (χ2v) is 6.15. The Morgan fingerprint density at radius 2 is 2.09 bits per heavy atom. The fourth-order valence-corrected chi connectivity index (χ4v) is 3.36. The van der Waals surface area contributed by atoms with E-state index in [0.717, 1.165) is 38.6 Å². The monoisotopic (exact) mass is 325 g/mol. The number of alkyl halides is 2. The molecule has 1 aromatic heterocycles. The van der Waals surface area contributed by atoms with Crippen LogP contribution in [-0.2, 0) is 4.79 Å². The number of carbonyl (C=O) groups excluding carboxylic acids is 1. The normalized spacial score (nSPS) is 21.9. The van der Waals surface area contributed by atoms with Crippen molar-refractivity contribution in [3.8, 4) is 5.75 Å². The third-order valence-electron chi connectivity index (χ3n) is 4.52. The van der Waals surface area contributed by atoms with E-state index in [9.17, 15) is 13.6 Å². The molecular weight excluding hydrogens is 304 g/mol. The summed E-state index contributed by atoms with van der Waals surface area (Å²) in [5.41, 5.74) is 0. The third-order valence-corrected chi connectivity index (χ3v) is 4.52. The van der Waals surface area contributed by atoms with E-state index in [1.165, 1.54) is 12.3 Å². The van der Waals surface area contributed by atoms with Gasteiger partial charge in [0.25, 0.3) is 0 Å². The van der Waals surface area contributed by atoms with Gasteiger partial charge in [-0.1, -0.05) is 12.8 Å². The summed E-state index contributed by atoms with van der Waals surface area (Å²) in [5, 5.41) is 3.25. The first kappa shape index (κ1) is 16.0. The summed E-state index contributed by atoms with van der Waals surface area (Å²) in [6, 6.07) is 3.21. The number of ether oxygens (including phenoxy) is 1. The third kappa shape index (κ3) is 4.09. The summed E-state index contributed by atoms with van der Waals surface area (Å²) in [5.74, 6) is 1.12. The van der Waals surface area contributed by atoms with Crippen LogP contribution in [0.1, 0.15) is 32.1 Å². The smallest absolute Gasteiger partial charge is 0.387 e. The Kier molecular flexibility index (Phi) is 4.93. The summed E-state index contributed by atoms with van der Waals surface area (Å²) in [6.45, 7) is -1.41. The van der Waals surface area contributed by atoms with Crippen molar-refractivity contribution in [1.29, 1.82) is 0 Å². The minimum absolute atomic E-state index is 0.0370. The van der Waals surface area contributed by atoms with E-state index in [-0.39, 0.29) is 23.6 Å². The molecule has 1 aliphatic heterocycles. The molecule has 126 valence electrons. The van der Waals surface area contributed by atoms with Gasteiger partial charge in [0.05, 0.1) is 6.20 Å². The highest BCUT2D eigenvalue weighted by Gasteiger charge is 2.32. The van der Waals surface area contributed by atoms with Crippen molar-refractivity contribution in [2.75, 3.05) is 18.4 Å². The van der Waals surface area contributed by atoms with Crippen LogP contribution in [0.25, 0.3) is 0 Å². The Hall–Kier alpha value is -1.92. The van der Waals surface area contributed by atoms with E-state index in [1.54, 1.807) is 6.07 Å². The molecule has 2 fully saturated rings. The molecule has 1 saturated heterocycles. The number of nitrogens with one attached hydrogen (secondary N) is 1. The predicted octanol–water partition coefficient (Wildman–Crippen LogP) is 2.89. The molecule has 1 aromatic rings. The van der Waals surface area contributed by atoms with Crippen LogP contribution in [0.5, 0.6) is 5.75 Å². The zero-order valence-corrected chi connectivity index (χ0v) is 12.9. The standard InChI is InChI=1S/C16H21F2N3O2/c17-16(18)23-13-5-6-14(19-9-13)20-12-7-8-21(10-12)15(22)11-3-1-2-4-11/h5-6,9,11-12,16H,1-4,7-8,10H2,(H,19,20). The van der Waals surface area contributed by atoms with E-state index in [0.29, 0.717) is 12.4 Å². The number of hydrogen-bond acceptors (Lipinski definition) is 4. The summed E-state index contributed by atoms with van der Waals surface area (Å²) in [7, 11) is 0. The first-order valence-corrected chi connectivity index (χ1v) is 8.08. The minimum atomic E-state index is -2.85. The van der Waals surface area contributed by atoms with Gasteiger partial charge in [-0.2, -0.15) is 8.78 Å². The number of likely N-dealkylation sites (tertiary alicyclic amines) is 1. The van der Waals surface area contributed by atoms with E-state index in [2.05, 4.69) is 15.0 Å². The molecule has 0 aromatic carbocycles. The summed E-state index contributed by atoms with van der Waals surface area (Å²) < 4.78 is 28.5. The molecule has 7 heteroatoms. The van der Waals surface area contributed by atoms with Gasteiger partial charge in [-0.25, -0.2) is 4.98 Å². The van der Waals surface area contributed by atoms with Gasteiger partial charge in [-0.15, -0.1) is 0 Å². The highest BCUT2D eigenvalue weighted by molar-refractivity contribution is 5.79. The topological polar surface area (TPSA) is 54.5 Å². The van der Waals surface area contributed by atoms with Gasteiger partial charge >= 0.3 is 6.61 Å². The first-order chi connectivity index (χ1) is 11.1. The Bertz CT molecular complexity index is 533. The van der Waals surface area contributed by atoms with Gasteiger partial charge in [0, 0.05) is 25.0 Å². The number of hydrogen-bond donors (Lipinski definition) is 1. The highest BCUT2D eigenvalue weighted by atomic mass is 19.3. The molecule has 23 heavy (non-hydrogen) atoms. The zero-order valence-electron chi connectivity index (χ0n) is 12.9. The highest BCUT2D eigenvalue weighted by Crippen LogP contribution is 2.28. The van der Waals surface area contributed by atoms with Crippen LogP contribution in [-0.4, -0.2) is 41.5 Å². The van der Waals surface area contributed by atoms with Gasteiger partial charge in [0.2, 0.25) is 5.91 Å². The molecule has 0 spiro atoms. The average molecular weight is 325 g/mol. The number of anilines is 1. The molecular formula is C16H21F2N3O2. The maximum Gasteiger partial charge on any atom is 0.387 e. The van der Waals surface area contributed by atoms with Crippen LogP contribution in [0.2, 0.25) is 0 Å². The number of nitrogens with zero attached hydrogens (tertiary/aromatic N) is 2. The van der Waals surface area contributed by atoms with Crippen LogP contribution in [0, 0.1) is 5.92 Å². The number of rotatable bonds is 5. The fourth-order valence-electron chi connectivity index (χ4n) is 3.36. The van der Waals surface area contributed by atoms with Crippen LogP contribution >= 0.6 is 0 Å². The molecule has 1 unspecified atom stereocenters. The van der Waals surface area contributed by atoms with E-state index < -0.39 is 6.61 Å². The lowest BCUT2D eigenvalue weighted by Gasteiger charge is -2.20. The zero-order chi connectivity index (χ0) is 16.2. The predicted molar refractivity (Wildman–Crippen MR) is 81.4 cm³/mol. The molecule has 1 atom stereocenters. The second kappa shape index (κ2) is 7.10. The molecule has 0 bridgehead atoms. The lowest BCUT2D eigenvalue weighted by atomic mass is 10.1. The van der Waals surface area contributed by atoms with Gasteiger partial charge in [0.1, 0.15) is 11.6 Å². The van der Waals surface area contributed by atoms with E-state index in [4.69, 9.17) is 0 Å². The largest absolute Gasteiger partial charge is 0.433 e. The van der Waals surface area contributed by atoms with Crippen molar-refractivity contribution >= 4 is 11.7 Å². The summed E-state index contributed by atoms with van der Waals surface area (Å²) in [6.07, 6.45) is 6.48. The van der Waals surface area contributed by atoms with Crippen molar-refractivity contribution < 1.29 is 18.3 Å². The SMILES string of the molecule is O=C(C1CCCC1)N1CCC(Nc2ccc(OC(F)F)cn2)C1. The summed E-state index contributed by atoms with van der Waals surface area (Å²) in [4.78, 5) is 18.4. The van der Waals surface area contributed by atoms with Crippen LogP contribution in [0.4, 0.5) is 14.6 Å². The molecule has 3 rings (SSSR count). The average Bonchev–Trinajstić information content (AvgIpc) is 3.19. The van der Waals surface area contributed by atoms with Crippen molar-refractivity contribution in [1.82, 2.24) is 9.88 Å². The van der Waals surface area contributed by atoms with Crippen molar-refractivity contribution in [3.63, 3.8) is 0 Å². The molecule has 0 radical (unpaired) electrons. The lowest BCUT2D eigenvalue weighted by molar-refractivity contribution is -0.134. The number of halogens is 2. The van der Waals surface area contributed by atoms with Crippen LogP contribution in [0.15, 0.2) is 18.3 Å². The molecule has 2 aliphatic rings. The van der Waals surface area contributed by atoms with Crippen molar-refractivity contribution in [2.24, 2.45) is 5.92 Å². The molecule has 1 saturated carbocycles. The van der Waals surface area contributed by atoms with Gasteiger partial charge < -0.3 is 15.0 Å². The summed E-state index contributed by atoms with van der Waals surface area (Å²) >= 11 is 0. The van der Waals surface area contributed by atoms with Crippen molar-refractivity contribution in [2.45, 2.75) is 44.8 Å². The minimum Gasteiger partial charge on any atom is -0.433 e. The van der Waals surface area contributed by atoms with Crippen molar-refractivity contribution in [3.05, 3.63) is 18.3 Å². The molecule has 5 nitrogen and oxygen atoms in total. The maximum absolute atomic E-state index is 12.4. The molecule has 1 amide bonds. The number of pyridine rings is 1. The number of carbonyl (C=O) groups is 1. The molecule has 2 heterocycles. The number of amides is 1. The van der Waals surface area contributed by atoms with Gasteiger partial charge in [0.15, 0.2) is 0 Å². The Morgan fingerprint density at radius 3 is 2.74 bits per heavy atom. The Morgan fingerprint density at radius 1 is 1.30 bits per heavy atom. The van der Waals surface area contributed by atoms with Gasteiger partial charge in [-0.3, -0.25) is 4.79 Å². The Labute approximate surface area is 134 Å². The fraction of sp³-hybridized carbons (Fsp3) is 0.625. The van der Waals surface area contributed by atoms with E-state index >= 15 is 0 Å². The first-order valence-electron chi connectivity index (χ1n) is 8.08.